The molecule has 5 heteroatoms. The maximum absolute atomic E-state index is 13.0. The molecule has 0 aliphatic rings. The number of amides is 1. The second-order valence-electron chi connectivity index (χ2n) is 6.71. The molecule has 0 saturated heterocycles. The van der Waals surface area contributed by atoms with Crippen LogP contribution in [-0.4, -0.2) is 21.8 Å². The van der Waals surface area contributed by atoms with Gasteiger partial charge in [0.1, 0.15) is 11.5 Å². The highest BCUT2D eigenvalue weighted by Gasteiger charge is 2.20. The second kappa shape index (κ2) is 8.91. The molecule has 0 saturated carbocycles. The average Bonchev–Trinajstić information content (AvgIpc) is 3.10. The van der Waals surface area contributed by atoms with Crippen molar-refractivity contribution in [2.75, 3.05) is 0 Å². The molecule has 0 aliphatic carbocycles. The summed E-state index contributed by atoms with van der Waals surface area (Å²) < 4.78 is 5.64. The highest BCUT2D eigenvalue weighted by Crippen LogP contribution is 2.23. The number of rotatable bonds is 7. The fourth-order valence-corrected chi connectivity index (χ4v) is 3.57. The Morgan fingerprint density at radius 1 is 1.15 bits per heavy atom. The number of thioether (sulfide) groups is 1. The van der Waals surface area contributed by atoms with Crippen molar-refractivity contribution in [2.24, 2.45) is 0 Å². The van der Waals surface area contributed by atoms with Gasteiger partial charge < -0.3 is 9.32 Å². The van der Waals surface area contributed by atoms with Crippen molar-refractivity contribution in [3.05, 3.63) is 83.6 Å². The molecule has 3 rings (SSSR count). The Labute approximate surface area is 164 Å². The summed E-state index contributed by atoms with van der Waals surface area (Å²) in [5.74, 6) is 2.54. The number of aromatic nitrogens is 1. The van der Waals surface area contributed by atoms with E-state index in [1.54, 1.807) is 18.0 Å². The van der Waals surface area contributed by atoms with E-state index in [0.29, 0.717) is 12.1 Å². The van der Waals surface area contributed by atoms with Crippen LogP contribution >= 0.6 is 11.8 Å². The molecule has 0 unspecified atom stereocenters. The van der Waals surface area contributed by atoms with Crippen LogP contribution in [0.4, 0.5) is 0 Å². The third kappa shape index (κ3) is 5.23. The van der Waals surface area contributed by atoms with E-state index < -0.39 is 0 Å². The molecule has 1 aromatic carbocycles. The van der Waals surface area contributed by atoms with E-state index in [-0.39, 0.29) is 11.9 Å². The summed E-state index contributed by atoms with van der Waals surface area (Å²) in [7, 11) is 0. The number of pyridine rings is 1. The standard InChI is InChI=1S/C22H24N2O2S/c1-16(2)24(14-20-9-6-17(3)26-20)22(25)19-7-10-21(11-8-19)27-15-18-5-4-12-23-13-18/h4-13,16H,14-15H2,1-3H3. The molecule has 0 aliphatic heterocycles. The summed E-state index contributed by atoms with van der Waals surface area (Å²) in [6.45, 7) is 6.42. The van der Waals surface area contributed by atoms with E-state index in [2.05, 4.69) is 11.1 Å². The van der Waals surface area contributed by atoms with Crippen LogP contribution in [0.15, 0.2) is 70.2 Å². The van der Waals surface area contributed by atoms with Crippen molar-refractivity contribution >= 4 is 17.7 Å². The molecule has 0 spiro atoms. The van der Waals surface area contributed by atoms with Gasteiger partial charge in [-0.25, -0.2) is 0 Å². The third-order valence-corrected chi connectivity index (χ3v) is 5.32. The molecule has 2 heterocycles. The molecule has 4 nitrogen and oxygen atoms in total. The molecule has 0 atom stereocenters. The summed E-state index contributed by atoms with van der Waals surface area (Å²) in [4.78, 5) is 20.1. The quantitative estimate of drug-likeness (QED) is 0.520. The number of aryl methyl sites for hydroxylation is 1. The molecule has 140 valence electrons. The van der Waals surface area contributed by atoms with E-state index in [1.807, 2.05) is 74.3 Å². The Bertz CT molecular complexity index is 873. The summed E-state index contributed by atoms with van der Waals surface area (Å²) in [6, 6.07) is 15.7. The van der Waals surface area contributed by atoms with Crippen LogP contribution in [-0.2, 0) is 12.3 Å². The van der Waals surface area contributed by atoms with Gasteiger partial charge >= 0.3 is 0 Å². The maximum atomic E-state index is 13.0. The number of hydrogen-bond donors (Lipinski definition) is 0. The maximum Gasteiger partial charge on any atom is 0.254 e. The minimum Gasteiger partial charge on any atom is -0.464 e. The SMILES string of the molecule is Cc1ccc(CN(C(=O)c2ccc(SCc3cccnc3)cc2)C(C)C)o1. The van der Waals surface area contributed by atoms with Crippen molar-refractivity contribution in [3.63, 3.8) is 0 Å². The summed E-state index contributed by atoms with van der Waals surface area (Å²) in [6.07, 6.45) is 3.65. The Morgan fingerprint density at radius 2 is 1.93 bits per heavy atom. The lowest BCUT2D eigenvalue weighted by molar-refractivity contribution is 0.0675. The lowest BCUT2D eigenvalue weighted by Crippen LogP contribution is -2.36. The molecule has 1 amide bonds. The summed E-state index contributed by atoms with van der Waals surface area (Å²) in [5, 5.41) is 0. The first kappa shape index (κ1) is 19.2. The number of benzene rings is 1. The number of carbonyl (C=O) groups excluding carboxylic acids is 1. The fourth-order valence-electron chi connectivity index (χ4n) is 2.74. The zero-order valence-corrected chi connectivity index (χ0v) is 16.7. The average molecular weight is 381 g/mol. The van der Waals surface area contributed by atoms with E-state index in [1.165, 1.54) is 5.56 Å². The first-order valence-electron chi connectivity index (χ1n) is 9.01. The predicted octanol–water partition coefficient (Wildman–Crippen LogP) is 5.33. The molecular weight excluding hydrogens is 356 g/mol. The van der Waals surface area contributed by atoms with Gasteiger partial charge in [-0.3, -0.25) is 9.78 Å². The van der Waals surface area contributed by atoms with Gasteiger partial charge in [-0.1, -0.05) is 6.07 Å². The minimum atomic E-state index is 0.0165. The van der Waals surface area contributed by atoms with Gasteiger partial charge in [0, 0.05) is 34.6 Å². The van der Waals surface area contributed by atoms with E-state index in [9.17, 15) is 4.79 Å². The van der Waals surface area contributed by atoms with Crippen molar-refractivity contribution in [3.8, 4) is 0 Å². The van der Waals surface area contributed by atoms with Crippen LogP contribution in [0, 0.1) is 6.92 Å². The van der Waals surface area contributed by atoms with Gasteiger partial charge in [0.05, 0.1) is 6.54 Å². The van der Waals surface area contributed by atoms with Gasteiger partial charge in [-0.15, -0.1) is 11.8 Å². The Kier molecular flexibility index (Phi) is 6.35. The molecule has 0 radical (unpaired) electrons. The van der Waals surface area contributed by atoms with Gasteiger partial charge in [0.15, 0.2) is 0 Å². The van der Waals surface area contributed by atoms with Crippen molar-refractivity contribution in [2.45, 2.75) is 44.0 Å². The molecule has 0 fully saturated rings. The van der Waals surface area contributed by atoms with Gasteiger partial charge in [-0.05, 0) is 68.8 Å². The highest BCUT2D eigenvalue weighted by atomic mass is 32.2. The monoisotopic (exact) mass is 380 g/mol. The highest BCUT2D eigenvalue weighted by molar-refractivity contribution is 7.98. The van der Waals surface area contributed by atoms with E-state index >= 15 is 0 Å². The van der Waals surface area contributed by atoms with Crippen molar-refractivity contribution in [1.82, 2.24) is 9.88 Å². The van der Waals surface area contributed by atoms with Crippen LogP contribution in [0.3, 0.4) is 0 Å². The number of nitrogens with zero attached hydrogens (tertiary/aromatic N) is 2. The smallest absolute Gasteiger partial charge is 0.254 e. The molecule has 27 heavy (non-hydrogen) atoms. The van der Waals surface area contributed by atoms with E-state index in [0.717, 1.165) is 22.2 Å². The summed E-state index contributed by atoms with van der Waals surface area (Å²) in [5.41, 5.74) is 1.88. The lowest BCUT2D eigenvalue weighted by atomic mass is 10.1. The van der Waals surface area contributed by atoms with Crippen LogP contribution in [0.5, 0.6) is 0 Å². The van der Waals surface area contributed by atoms with Gasteiger partial charge in [0.2, 0.25) is 0 Å². The first-order valence-corrected chi connectivity index (χ1v) is 9.99. The van der Waals surface area contributed by atoms with Gasteiger partial charge in [-0.2, -0.15) is 0 Å². The summed E-state index contributed by atoms with van der Waals surface area (Å²) >= 11 is 1.73. The predicted molar refractivity (Wildman–Crippen MR) is 109 cm³/mol. The van der Waals surface area contributed by atoms with Crippen LogP contribution in [0.2, 0.25) is 0 Å². The topological polar surface area (TPSA) is 46.3 Å². The lowest BCUT2D eigenvalue weighted by Gasteiger charge is -2.26. The van der Waals surface area contributed by atoms with Crippen LogP contribution < -0.4 is 0 Å². The normalized spacial score (nSPS) is 11.0. The zero-order chi connectivity index (χ0) is 19.2. The Morgan fingerprint density at radius 3 is 2.52 bits per heavy atom. The Hall–Kier alpha value is -2.53. The second-order valence-corrected chi connectivity index (χ2v) is 7.76. The van der Waals surface area contributed by atoms with Crippen LogP contribution in [0.25, 0.3) is 0 Å². The van der Waals surface area contributed by atoms with Crippen molar-refractivity contribution < 1.29 is 9.21 Å². The molecule has 0 N–H and O–H groups in total. The molecular formula is C22H24N2O2S. The van der Waals surface area contributed by atoms with Crippen molar-refractivity contribution in [1.29, 1.82) is 0 Å². The zero-order valence-electron chi connectivity index (χ0n) is 15.9. The van der Waals surface area contributed by atoms with Crippen LogP contribution in [0.1, 0.15) is 41.3 Å². The van der Waals surface area contributed by atoms with E-state index in [4.69, 9.17) is 4.42 Å². The molecule has 3 aromatic rings. The molecule has 0 bridgehead atoms. The third-order valence-electron chi connectivity index (χ3n) is 4.24. The van der Waals surface area contributed by atoms with Gasteiger partial charge in [0.25, 0.3) is 5.91 Å². The largest absolute Gasteiger partial charge is 0.464 e. The fraction of sp³-hybridized carbons (Fsp3) is 0.273. The number of hydrogen-bond acceptors (Lipinski definition) is 4. The number of carbonyl (C=O) groups is 1. The first-order chi connectivity index (χ1) is 13.0. The molecule has 2 aromatic heterocycles. The minimum absolute atomic E-state index is 0.0165. The number of furan rings is 1. The Balaban J connectivity index is 1.65.